The first-order valence-corrected chi connectivity index (χ1v) is 17.1. The van der Waals surface area contributed by atoms with Gasteiger partial charge in [-0.2, -0.15) is 10.1 Å². The third-order valence-corrected chi connectivity index (χ3v) is 9.23. The van der Waals surface area contributed by atoms with Gasteiger partial charge in [0.25, 0.3) is 0 Å². The minimum absolute atomic E-state index is 0.00358. The number of anilines is 4. The molecule has 4 heterocycles. The predicted octanol–water partition coefficient (Wildman–Crippen LogP) is 5.13. The van der Waals surface area contributed by atoms with E-state index in [1.165, 1.54) is 7.11 Å². The van der Waals surface area contributed by atoms with Crippen LogP contribution in [0.15, 0.2) is 53.7 Å². The number of hydrogen-bond donors (Lipinski definition) is 3. The summed E-state index contributed by atoms with van der Waals surface area (Å²) >= 11 is 3.51. The van der Waals surface area contributed by atoms with E-state index in [-0.39, 0.29) is 11.7 Å². The molecule has 0 radical (unpaired) electrons. The SMILES string of the molecule is COc1c(Nc2ncc(Br)c(Nc3ccc4nccnc4c3P(C)(C)=O)n2)cc(-c2cnn(C)c2)c(C2CNCCO2)c1F. The Morgan fingerprint density at radius 1 is 1.16 bits per heavy atom. The first-order chi connectivity index (χ1) is 21.1. The van der Waals surface area contributed by atoms with Crippen molar-refractivity contribution in [2.45, 2.75) is 6.10 Å². The lowest BCUT2D eigenvalue weighted by molar-refractivity contribution is 0.0256. The Balaban J connectivity index is 1.41. The first-order valence-electron chi connectivity index (χ1n) is 13.7. The van der Waals surface area contributed by atoms with Gasteiger partial charge in [0.05, 0.1) is 52.7 Å². The van der Waals surface area contributed by atoms with E-state index in [0.29, 0.717) is 68.8 Å². The minimum Gasteiger partial charge on any atom is -0.492 e. The molecule has 1 unspecified atom stereocenters. The molecule has 1 saturated heterocycles. The number of fused-ring (bicyclic) bond motifs is 1. The Morgan fingerprint density at radius 3 is 2.68 bits per heavy atom. The van der Waals surface area contributed by atoms with Crippen molar-refractivity contribution in [2.75, 3.05) is 50.8 Å². The van der Waals surface area contributed by atoms with Gasteiger partial charge in [-0.3, -0.25) is 14.6 Å². The number of benzene rings is 2. The predicted molar refractivity (Wildman–Crippen MR) is 172 cm³/mol. The summed E-state index contributed by atoms with van der Waals surface area (Å²) in [6.07, 6.45) is 7.70. The van der Waals surface area contributed by atoms with Crippen LogP contribution in [0.5, 0.6) is 5.75 Å². The number of ether oxygens (including phenoxy) is 2. The molecule has 3 N–H and O–H groups in total. The second-order valence-electron chi connectivity index (χ2n) is 10.6. The number of hydrogen-bond acceptors (Lipinski definition) is 11. The van der Waals surface area contributed by atoms with Crippen LogP contribution in [-0.2, 0) is 16.3 Å². The van der Waals surface area contributed by atoms with Crippen molar-refractivity contribution in [1.82, 2.24) is 35.0 Å². The second kappa shape index (κ2) is 12.2. The van der Waals surface area contributed by atoms with E-state index in [1.807, 2.05) is 6.20 Å². The summed E-state index contributed by atoms with van der Waals surface area (Å²) in [6, 6.07) is 5.39. The van der Waals surface area contributed by atoms with Crippen LogP contribution in [0, 0.1) is 5.82 Å². The fourth-order valence-corrected chi connectivity index (χ4v) is 6.92. The van der Waals surface area contributed by atoms with Gasteiger partial charge in [-0.25, -0.2) is 9.37 Å². The first kappa shape index (κ1) is 30.1. The molecule has 228 valence electrons. The van der Waals surface area contributed by atoms with Crippen molar-refractivity contribution >= 4 is 62.6 Å². The Kier molecular flexibility index (Phi) is 8.34. The standard InChI is InChI=1S/C29H30BrFN9O3P/c1-40-15-16(12-36-40)17-11-21(26(42-2)24(31)23(17)22-14-32-9-10-43-22)38-29-35-13-18(30)28(39-29)37-20-6-5-19-25(34-8-7-33-19)27(20)44(3,4)41/h5-8,11-13,15,22,32H,9-10,14H2,1-4H3,(H2,35,37,38,39). The Labute approximate surface area is 261 Å². The van der Waals surface area contributed by atoms with Crippen LogP contribution in [-0.4, -0.2) is 69.9 Å². The van der Waals surface area contributed by atoms with Crippen LogP contribution in [0.3, 0.4) is 0 Å². The maximum Gasteiger partial charge on any atom is 0.229 e. The Bertz CT molecular complexity index is 1910. The summed E-state index contributed by atoms with van der Waals surface area (Å²) in [4.78, 5) is 17.9. The third-order valence-electron chi connectivity index (χ3n) is 7.12. The van der Waals surface area contributed by atoms with Crippen LogP contribution < -0.4 is 26.0 Å². The number of aromatic nitrogens is 6. The number of morpholine rings is 1. The third kappa shape index (κ3) is 5.90. The molecule has 0 spiro atoms. The molecule has 2 aromatic carbocycles. The zero-order chi connectivity index (χ0) is 31.0. The molecule has 0 bridgehead atoms. The molecule has 5 aromatic rings. The molecule has 1 fully saturated rings. The zero-order valence-corrected chi connectivity index (χ0v) is 26.9. The van der Waals surface area contributed by atoms with Crippen LogP contribution in [0.2, 0.25) is 0 Å². The van der Waals surface area contributed by atoms with Gasteiger partial charge in [-0.1, -0.05) is 0 Å². The minimum atomic E-state index is -2.81. The fraction of sp³-hybridized carbons (Fsp3) is 0.276. The zero-order valence-electron chi connectivity index (χ0n) is 24.4. The average Bonchev–Trinajstić information content (AvgIpc) is 3.44. The highest BCUT2D eigenvalue weighted by molar-refractivity contribution is 9.10. The van der Waals surface area contributed by atoms with Crippen LogP contribution in [0.1, 0.15) is 11.7 Å². The molecule has 3 aromatic heterocycles. The van der Waals surface area contributed by atoms with Crippen molar-refractivity contribution in [1.29, 1.82) is 0 Å². The number of rotatable bonds is 8. The van der Waals surface area contributed by atoms with Crippen molar-refractivity contribution in [2.24, 2.45) is 7.05 Å². The highest BCUT2D eigenvalue weighted by Crippen LogP contribution is 2.43. The number of methoxy groups -OCH3 is 1. The van der Waals surface area contributed by atoms with Gasteiger partial charge >= 0.3 is 0 Å². The van der Waals surface area contributed by atoms with Crippen molar-refractivity contribution in [3.63, 3.8) is 0 Å². The molecule has 0 aliphatic carbocycles. The largest absolute Gasteiger partial charge is 0.492 e. The molecule has 1 atom stereocenters. The Hall–Kier alpha value is -3.97. The van der Waals surface area contributed by atoms with E-state index in [1.54, 1.807) is 68.0 Å². The van der Waals surface area contributed by atoms with E-state index in [9.17, 15) is 4.57 Å². The summed E-state index contributed by atoms with van der Waals surface area (Å²) < 4.78 is 43.4. The lowest BCUT2D eigenvalue weighted by Gasteiger charge is -2.27. The maximum atomic E-state index is 16.3. The van der Waals surface area contributed by atoms with Crippen molar-refractivity contribution in [3.05, 3.63) is 65.0 Å². The van der Waals surface area contributed by atoms with E-state index in [0.717, 1.165) is 5.56 Å². The van der Waals surface area contributed by atoms with Crippen LogP contribution in [0.25, 0.3) is 22.2 Å². The van der Waals surface area contributed by atoms with Gasteiger partial charge in [0, 0.05) is 56.1 Å². The van der Waals surface area contributed by atoms with Crippen molar-refractivity contribution in [3.8, 4) is 16.9 Å². The van der Waals surface area contributed by atoms with Gasteiger partial charge < -0.3 is 30.0 Å². The van der Waals surface area contributed by atoms with E-state index >= 15 is 4.39 Å². The average molecular weight is 682 g/mol. The maximum absolute atomic E-state index is 16.3. The molecule has 1 aliphatic rings. The number of nitrogens with one attached hydrogen (secondary N) is 3. The highest BCUT2D eigenvalue weighted by atomic mass is 79.9. The smallest absolute Gasteiger partial charge is 0.229 e. The fourth-order valence-electron chi connectivity index (χ4n) is 5.23. The van der Waals surface area contributed by atoms with Gasteiger partial charge in [-0.05, 0) is 53.0 Å². The normalized spacial score (nSPS) is 15.4. The summed E-state index contributed by atoms with van der Waals surface area (Å²) in [5, 5.41) is 14.5. The van der Waals surface area contributed by atoms with E-state index < -0.39 is 19.1 Å². The van der Waals surface area contributed by atoms with E-state index in [2.05, 4.69) is 56.9 Å². The molecule has 0 saturated carbocycles. The molecule has 15 heteroatoms. The van der Waals surface area contributed by atoms with E-state index in [4.69, 9.17) is 9.47 Å². The highest BCUT2D eigenvalue weighted by Gasteiger charge is 2.29. The summed E-state index contributed by atoms with van der Waals surface area (Å²) in [7, 11) is 0.402. The van der Waals surface area contributed by atoms with Gasteiger partial charge in [0.1, 0.15) is 18.5 Å². The quantitative estimate of drug-likeness (QED) is 0.188. The summed E-state index contributed by atoms with van der Waals surface area (Å²) in [6.45, 7) is 4.97. The number of aryl methyl sites for hydroxylation is 1. The topological polar surface area (TPSA) is 141 Å². The van der Waals surface area contributed by atoms with Gasteiger partial charge in [0.15, 0.2) is 11.6 Å². The molecule has 0 amide bonds. The lowest BCUT2D eigenvalue weighted by atomic mass is 9.95. The lowest BCUT2D eigenvalue weighted by Crippen LogP contribution is -2.34. The molecule has 1 aliphatic heterocycles. The number of nitrogens with zero attached hydrogens (tertiary/aromatic N) is 6. The molecule has 12 nitrogen and oxygen atoms in total. The number of halogens is 2. The molecular weight excluding hydrogens is 652 g/mol. The monoisotopic (exact) mass is 681 g/mol. The van der Waals surface area contributed by atoms with Gasteiger partial charge in [0.2, 0.25) is 5.95 Å². The van der Waals surface area contributed by atoms with Crippen LogP contribution in [0.4, 0.5) is 27.5 Å². The summed E-state index contributed by atoms with van der Waals surface area (Å²) in [5.41, 5.74) is 3.78. The van der Waals surface area contributed by atoms with Crippen LogP contribution >= 0.6 is 23.1 Å². The molecule has 44 heavy (non-hydrogen) atoms. The Morgan fingerprint density at radius 2 is 1.98 bits per heavy atom. The van der Waals surface area contributed by atoms with Crippen molar-refractivity contribution < 1.29 is 18.4 Å². The molecule has 6 rings (SSSR count). The molecular formula is C29H30BrFN9O3P. The summed E-state index contributed by atoms with van der Waals surface area (Å²) in [5.74, 6) is 0.0121. The second-order valence-corrected chi connectivity index (χ2v) is 14.6. The van der Waals surface area contributed by atoms with Gasteiger partial charge in [-0.15, -0.1) is 0 Å².